The topological polar surface area (TPSA) is 45.5 Å². The monoisotopic (exact) mass is 223 g/mol. The van der Waals surface area contributed by atoms with Crippen molar-refractivity contribution in [2.24, 2.45) is 0 Å². The van der Waals surface area contributed by atoms with E-state index in [2.05, 4.69) is 29.0 Å². The van der Waals surface area contributed by atoms with E-state index in [0.717, 1.165) is 19.6 Å². The van der Waals surface area contributed by atoms with Gasteiger partial charge >= 0.3 is 0 Å². The van der Waals surface area contributed by atoms with Crippen LogP contribution in [-0.2, 0) is 4.79 Å². The highest BCUT2D eigenvalue weighted by Gasteiger charge is 2.46. The van der Waals surface area contributed by atoms with Crippen LogP contribution in [0.15, 0.2) is 0 Å². The lowest BCUT2D eigenvalue weighted by Crippen LogP contribution is -2.58. The molecule has 0 aromatic carbocycles. The molecule has 3 heterocycles. The normalized spacial score (nSPS) is 38.2. The smallest absolute Gasteiger partial charge is 0.241 e. The Balaban J connectivity index is 1.72. The Morgan fingerprint density at radius 3 is 2.25 bits per heavy atom. The first-order chi connectivity index (χ1) is 7.66. The first-order valence-corrected chi connectivity index (χ1v) is 6.46. The van der Waals surface area contributed by atoms with Crippen LogP contribution in [0.3, 0.4) is 0 Å². The number of rotatable bonds is 2. The number of nitrogens with one attached hydrogen (secondary N) is 1. The van der Waals surface area contributed by atoms with Crippen LogP contribution in [0.4, 0.5) is 0 Å². The molecule has 0 radical (unpaired) electrons. The average Bonchev–Trinajstić information content (AvgIpc) is 3.04. The second-order valence-electron chi connectivity index (χ2n) is 5.64. The molecular formula is C12H21N3O. The van der Waals surface area contributed by atoms with Crippen molar-refractivity contribution in [3.63, 3.8) is 0 Å². The van der Waals surface area contributed by atoms with Gasteiger partial charge in [-0.05, 0) is 26.7 Å². The van der Waals surface area contributed by atoms with Crippen LogP contribution < -0.4 is 5.32 Å². The molecule has 0 saturated carbocycles. The number of hydrogen-bond donors (Lipinski definition) is 1. The molecule has 4 nitrogen and oxygen atoms in total. The number of piperazine rings is 1. The molecule has 3 aliphatic rings. The zero-order chi connectivity index (χ0) is 11.3. The van der Waals surface area contributed by atoms with Crippen LogP contribution in [0.1, 0.15) is 26.7 Å². The van der Waals surface area contributed by atoms with E-state index < -0.39 is 0 Å². The summed E-state index contributed by atoms with van der Waals surface area (Å²) < 4.78 is 0. The van der Waals surface area contributed by atoms with Gasteiger partial charge in [-0.15, -0.1) is 0 Å². The third kappa shape index (κ3) is 1.64. The van der Waals surface area contributed by atoms with Crippen molar-refractivity contribution in [1.29, 1.82) is 0 Å². The minimum Gasteiger partial charge on any atom is -0.333 e. The number of likely N-dealkylation sites (tertiary alicyclic amines) is 1. The minimum atomic E-state index is 0.147. The molecule has 1 amide bonds. The fourth-order valence-electron chi connectivity index (χ4n) is 3.13. The van der Waals surface area contributed by atoms with Crippen LogP contribution in [0, 0.1) is 0 Å². The van der Waals surface area contributed by atoms with E-state index in [1.807, 2.05) is 0 Å². The number of hydrogen-bond acceptors (Lipinski definition) is 3. The van der Waals surface area contributed by atoms with Crippen LogP contribution in [-0.4, -0.2) is 59.5 Å². The minimum absolute atomic E-state index is 0.147. The van der Waals surface area contributed by atoms with Gasteiger partial charge in [-0.1, -0.05) is 0 Å². The van der Waals surface area contributed by atoms with Crippen molar-refractivity contribution in [2.45, 2.75) is 50.9 Å². The van der Waals surface area contributed by atoms with E-state index in [0.29, 0.717) is 24.0 Å². The van der Waals surface area contributed by atoms with Crippen LogP contribution >= 0.6 is 0 Å². The summed E-state index contributed by atoms with van der Waals surface area (Å²) >= 11 is 0. The molecule has 3 saturated heterocycles. The van der Waals surface area contributed by atoms with Gasteiger partial charge in [0.2, 0.25) is 5.91 Å². The summed E-state index contributed by atoms with van der Waals surface area (Å²) in [6.07, 6.45) is 2.40. The standard InChI is InChI=1S/C12H21N3O/c1-8(2)14-6-9-3-4-10(7-14)15(9)12(16)11-5-13-11/h8-11,13H,3-7H2,1-2H3/t9?,10?,11-/m0/s1. The Labute approximate surface area is 97.0 Å². The molecule has 16 heavy (non-hydrogen) atoms. The summed E-state index contributed by atoms with van der Waals surface area (Å²) in [6, 6.07) is 1.72. The van der Waals surface area contributed by atoms with Gasteiger partial charge in [-0.25, -0.2) is 0 Å². The molecule has 0 aliphatic carbocycles. The lowest BCUT2D eigenvalue weighted by Gasteiger charge is -2.42. The van der Waals surface area contributed by atoms with E-state index >= 15 is 0 Å². The van der Waals surface area contributed by atoms with Gasteiger partial charge in [0, 0.05) is 37.8 Å². The van der Waals surface area contributed by atoms with Gasteiger partial charge in [0.25, 0.3) is 0 Å². The third-order valence-corrected chi connectivity index (χ3v) is 4.20. The summed E-state index contributed by atoms with van der Waals surface area (Å²) in [6.45, 7) is 7.54. The van der Waals surface area contributed by atoms with E-state index in [1.54, 1.807) is 0 Å². The largest absolute Gasteiger partial charge is 0.333 e. The van der Waals surface area contributed by atoms with Gasteiger partial charge in [0.15, 0.2) is 0 Å². The molecule has 2 bridgehead atoms. The Morgan fingerprint density at radius 1 is 1.25 bits per heavy atom. The van der Waals surface area contributed by atoms with Gasteiger partial charge in [0.1, 0.15) is 0 Å². The number of nitrogens with zero attached hydrogens (tertiary/aromatic N) is 2. The van der Waals surface area contributed by atoms with E-state index in [1.165, 1.54) is 12.8 Å². The Kier molecular flexibility index (Phi) is 2.44. The molecule has 4 heteroatoms. The predicted octanol–water partition coefficient (Wildman–Crippen LogP) is 0.0418. The van der Waals surface area contributed by atoms with Crippen LogP contribution in [0.2, 0.25) is 0 Å². The highest BCUT2D eigenvalue weighted by atomic mass is 16.2. The molecule has 3 atom stereocenters. The van der Waals surface area contributed by atoms with Crippen molar-refractivity contribution in [2.75, 3.05) is 19.6 Å². The molecule has 3 fully saturated rings. The molecule has 2 unspecified atom stereocenters. The fraction of sp³-hybridized carbons (Fsp3) is 0.917. The van der Waals surface area contributed by atoms with Gasteiger partial charge in [-0.2, -0.15) is 0 Å². The zero-order valence-corrected chi connectivity index (χ0v) is 10.1. The molecule has 0 aromatic heterocycles. The van der Waals surface area contributed by atoms with E-state index in [9.17, 15) is 4.79 Å². The van der Waals surface area contributed by atoms with Crippen LogP contribution in [0.5, 0.6) is 0 Å². The van der Waals surface area contributed by atoms with Crippen molar-refractivity contribution < 1.29 is 4.79 Å². The second kappa shape index (κ2) is 3.70. The van der Waals surface area contributed by atoms with Crippen molar-refractivity contribution >= 4 is 5.91 Å². The maximum absolute atomic E-state index is 12.1. The molecule has 3 aliphatic heterocycles. The fourth-order valence-corrected chi connectivity index (χ4v) is 3.13. The number of carbonyl (C=O) groups excluding carboxylic acids is 1. The quantitative estimate of drug-likeness (QED) is 0.672. The Hall–Kier alpha value is -0.610. The highest BCUT2D eigenvalue weighted by molar-refractivity contribution is 5.85. The summed E-state index contributed by atoms with van der Waals surface area (Å²) in [5.74, 6) is 0.357. The van der Waals surface area contributed by atoms with Crippen molar-refractivity contribution in [1.82, 2.24) is 15.1 Å². The second-order valence-corrected chi connectivity index (χ2v) is 5.64. The number of amides is 1. The predicted molar refractivity (Wildman–Crippen MR) is 62.2 cm³/mol. The van der Waals surface area contributed by atoms with Crippen LogP contribution in [0.25, 0.3) is 0 Å². The third-order valence-electron chi connectivity index (χ3n) is 4.20. The average molecular weight is 223 g/mol. The zero-order valence-electron chi connectivity index (χ0n) is 10.1. The van der Waals surface area contributed by atoms with Crippen molar-refractivity contribution in [3.8, 4) is 0 Å². The SMILES string of the molecule is CC(C)N1CC2CCC(C1)N2C(=O)[C@@H]1CN1. The molecule has 0 aromatic rings. The number of carbonyl (C=O) groups is 1. The van der Waals surface area contributed by atoms with Crippen molar-refractivity contribution in [3.05, 3.63) is 0 Å². The summed E-state index contributed by atoms with van der Waals surface area (Å²) in [4.78, 5) is 16.8. The van der Waals surface area contributed by atoms with Gasteiger partial charge < -0.3 is 10.2 Å². The lowest BCUT2D eigenvalue weighted by atomic mass is 10.1. The molecular weight excluding hydrogens is 202 g/mol. The first-order valence-electron chi connectivity index (χ1n) is 6.46. The molecule has 1 N–H and O–H groups in total. The maximum atomic E-state index is 12.1. The highest BCUT2D eigenvalue weighted by Crippen LogP contribution is 2.32. The summed E-state index contributed by atoms with van der Waals surface area (Å²) in [5, 5.41) is 3.13. The summed E-state index contributed by atoms with van der Waals surface area (Å²) in [5.41, 5.74) is 0. The maximum Gasteiger partial charge on any atom is 0.241 e. The molecule has 0 spiro atoms. The first kappa shape index (κ1) is 10.5. The Bertz CT molecular complexity index is 287. The number of fused-ring (bicyclic) bond motifs is 2. The summed E-state index contributed by atoms with van der Waals surface area (Å²) in [7, 11) is 0. The van der Waals surface area contributed by atoms with E-state index in [-0.39, 0.29) is 6.04 Å². The lowest BCUT2D eigenvalue weighted by molar-refractivity contribution is -0.136. The Morgan fingerprint density at radius 2 is 1.81 bits per heavy atom. The van der Waals surface area contributed by atoms with Gasteiger partial charge in [-0.3, -0.25) is 9.69 Å². The van der Waals surface area contributed by atoms with Gasteiger partial charge in [0.05, 0.1) is 6.04 Å². The molecule has 90 valence electrons. The molecule has 3 rings (SSSR count). The van der Waals surface area contributed by atoms with E-state index in [4.69, 9.17) is 0 Å².